The van der Waals surface area contributed by atoms with Crippen molar-refractivity contribution in [3.63, 3.8) is 0 Å². The maximum atomic E-state index is 14.6. The molecule has 0 saturated heterocycles. The summed E-state index contributed by atoms with van der Waals surface area (Å²) in [5, 5.41) is 19.8. The summed E-state index contributed by atoms with van der Waals surface area (Å²) in [6.07, 6.45) is 1.36. The summed E-state index contributed by atoms with van der Waals surface area (Å²) in [6, 6.07) is 8.82. The van der Waals surface area contributed by atoms with Crippen LogP contribution in [0.2, 0.25) is 0 Å². The smallest absolute Gasteiger partial charge is 0.423 e. The minimum Gasteiger partial charge on any atom is -0.423 e. The van der Waals surface area contributed by atoms with Crippen molar-refractivity contribution in [3.05, 3.63) is 64.5 Å². The van der Waals surface area contributed by atoms with Gasteiger partial charge in [-0.1, -0.05) is 57.4 Å². The zero-order chi connectivity index (χ0) is 25.1. The predicted molar refractivity (Wildman–Crippen MR) is 129 cm³/mol. The molecule has 33 heavy (non-hydrogen) atoms. The van der Waals surface area contributed by atoms with Crippen LogP contribution >= 0.6 is 0 Å². The molecule has 0 aliphatic rings. The van der Waals surface area contributed by atoms with Gasteiger partial charge >= 0.3 is 7.12 Å². The maximum absolute atomic E-state index is 14.6. The highest BCUT2D eigenvalue weighted by atomic mass is 19.1. The molecule has 1 atom stereocenters. The van der Waals surface area contributed by atoms with E-state index in [-0.39, 0.29) is 16.9 Å². The van der Waals surface area contributed by atoms with Gasteiger partial charge in [0, 0.05) is 5.56 Å². The normalized spacial score (nSPS) is 13.3. The quantitative estimate of drug-likeness (QED) is 0.459. The molecule has 0 aromatic heterocycles. The second-order valence-corrected chi connectivity index (χ2v) is 9.84. The first-order valence-corrected chi connectivity index (χ1v) is 11.1. The van der Waals surface area contributed by atoms with Gasteiger partial charge in [0.1, 0.15) is 5.82 Å². The summed E-state index contributed by atoms with van der Waals surface area (Å²) in [7, 11) is -1.85. The average Bonchev–Trinajstić information content (AvgIpc) is 2.69. The van der Waals surface area contributed by atoms with Gasteiger partial charge in [-0.15, -0.1) is 0 Å². The van der Waals surface area contributed by atoms with E-state index in [1.165, 1.54) is 17.1 Å². The Kier molecular flexibility index (Phi) is 8.09. The molecule has 0 fully saturated rings. The first kappa shape index (κ1) is 26.5. The Labute approximate surface area is 195 Å². The van der Waals surface area contributed by atoms with Crippen molar-refractivity contribution in [1.29, 1.82) is 0 Å². The number of amides is 2. The van der Waals surface area contributed by atoms with Crippen LogP contribution in [0.25, 0.3) is 0 Å². The van der Waals surface area contributed by atoms with Gasteiger partial charge in [-0.3, -0.25) is 15.0 Å². The molecule has 2 amide bonds. The molecule has 0 radical (unpaired) electrons. The Hall–Kier alpha value is -2.71. The molecule has 178 valence electrons. The van der Waals surface area contributed by atoms with Gasteiger partial charge < -0.3 is 10.0 Å². The van der Waals surface area contributed by atoms with Crippen molar-refractivity contribution >= 4 is 24.4 Å². The first-order valence-electron chi connectivity index (χ1n) is 11.1. The van der Waals surface area contributed by atoms with E-state index in [0.29, 0.717) is 12.0 Å². The fourth-order valence-electron chi connectivity index (χ4n) is 3.97. The van der Waals surface area contributed by atoms with Gasteiger partial charge in [-0.2, -0.15) is 0 Å². The number of carbonyl (C=O) groups is 2. The van der Waals surface area contributed by atoms with Crippen LogP contribution in [0.15, 0.2) is 36.4 Å². The lowest BCUT2D eigenvalue weighted by Gasteiger charge is -2.49. The predicted octanol–water partition coefficient (Wildman–Crippen LogP) is 3.51. The third kappa shape index (κ3) is 5.81. The maximum Gasteiger partial charge on any atom is 0.488 e. The van der Waals surface area contributed by atoms with Gasteiger partial charge in [-0.25, -0.2) is 9.40 Å². The number of hydrogen-bond donors (Lipinski definition) is 3. The molecule has 2 aromatic carbocycles. The van der Waals surface area contributed by atoms with Gasteiger partial charge in [0.15, 0.2) is 0 Å². The second-order valence-electron chi connectivity index (χ2n) is 9.84. The Morgan fingerprint density at radius 1 is 1.03 bits per heavy atom. The monoisotopic (exact) mass is 456 g/mol. The number of aryl methyl sites for hydroxylation is 2. The van der Waals surface area contributed by atoms with E-state index in [4.69, 9.17) is 0 Å². The summed E-state index contributed by atoms with van der Waals surface area (Å²) in [5.74, 6) is -2.09. The van der Waals surface area contributed by atoms with Crippen LogP contribution in [0, 0.1) is 25.1 Å². The molecular formula is C25H34BFN2O4. The molecule has 0 aliphatic carbocycles. The minimum absolute atomic E-state index is 0.0715. The molecule has 6 nitrogen and oxygen atoms in total. The Morgan fingerprint density at radius 3 is 2.06 bits per heavy atom. The third-order valence-corrected chi connectivity index (χ3v) is 6.27. The Balaban J connectivity index is 2.57. The lowest BCUT2D eigenvalue weighted by molar-refractivity contribution is -0.0194. The molecule has 0 unspecified atom stereocenters. The average molecular weight is 456 g/mol. The standard InChI is InChI=1S/C25H34BFN2O4/c1-8-11-25(7,24(4,5)6)29(23(31)18-13-16(2)12-17(3)14-18)28-22(30)20-10-9-19(26(32)33)15-21(20)27/h9-10,12-15,32-33H,8,11H2,1-7H3,(H,28,30)/t25-/m1/s1. The number of hydrazine groups is 1. The van der Waals surface area contributed by atoms with Crippen molar-refractivity contribution in [2.24, 2.45) is 5.41 Å². The zero-order valence-electron chi connectivity index (χ0n) is 20.5. The van der Waals surface area contributed by atoms with Crippen molar-refractivity contribution in [3.8, 4) is 0 Å². The fraction of sp³-hybridized carbons (Fsp3) is 0.440. The molecule has 0 spiro atoms. The molecule has 2 aromatic rings. The van der Waals surface area contributed by atoms with Gasteiger partial charge in [0.25, 0.3) is 11.8 Å². The molecule has 0 saturated carbocycles. The number of carbonyl (C=O) groups excluding carboxylic acids is 2. The summed E-state index contributed by atoms with van der Waals surface area (Å²) < 4.78 is 14.6. The second kappa shape index (κ2) is 10.1. The molecule has 0 bridgehead atoms. The van der Waals surface area contributed by atoms with Gasteiger partial charge in [0.05, 0.1) is 11.1 Å². The minimum atomic E-state index is -1.85. The fourth-order valence-corrected chi connectivity index (χ4v) is 3.97. The summed E-state index contributed by atoms with van der Waals surface area (Å²) in [4.78, 5) is 26.9. The largest absolute Gasteiger partial charge is 0.488 e. The van der Waals surface area contributed by atoms with E-state index in [2.05, 4.69) is 5.43 Å². The van der Waals surface area contributed by atoms with Crippen molar-refractivity contribution in [2.75, 3.05) is 0 Å². The van der Waals surface area contributed by atoms with Crippen LogP contribution in [0.3, 0.4) is 0 Å². The molecule has 8 heteroatoms. The highest BCUT2D eigenvalue weighted by molar-refractivity contribution is 6.58. The molecule has 0 heterocycles. The van der Waals surface area contributed by atoms with Crippen LogP contribution < -0.4 is 10.9 Å². The zero-order valence-corrected chi connectivity index (χ0v) is 20.5. The lowest BCUT2D eigenvalue weighted by atomic mass is 9.71. The van der Waals surface area contributed by atoms with Crippen LogP contribution in [0.1, 0.15) is 79.3 Å². The number of nitrogens with zero attached hydrogens (tertiary/aromatic N) is 1. The van der Waals surface area contributed by atoms with E-state index in [1.807, 2.05) is 54.5 Å². The molecule has 0 aliphatic heterocycles. The lowest BCUT2D eigenvalue weighted by Crippen LogP contribution is -2.63. The summed E-state index contributed by atoms with van der Waals surface area (Å²) in [5.41, 5.74) is 3.36. The number of nitrogens with one attached hydrogen (secondary N) is 1. The number of rotatable bonds is 6. The van der Waals surface area contributed by atoms with E-state index in [9.17, 15) is 24.0 Å². The van der Waals surface area contributed by atoms with Gasteiger partial charge in [-0.05, 0) is 62.3 Å². The van der Waals surface area contributed by atoms with Crippen LogP contribution in [0.4, 0.5) is 4.39 Å². The number of halogens is 1. The molecular weight excluding hydrogens is 422 g/mol. The SMILES string of the molecule is CCC[C@@](C)(N(NC(=O)c1ccc(B(O)O)cc1F)C(=O)c1cc(C)cc(C)c1)C(C)(C)C. The summed E-state index contributed by atoms with van der Waals surface area (Å²) in [6.45, 7) is 13.7. The number of benzene rings is 2. The van der Waals surface area contributed by atoms with Crippen molar-refractivity contribution < 1.29 is 24.0 Å². The van der Waals surface area contributed by atoms with Crippen LogP contribution in [0.5, 0.6) is 0 Å². The van der Waals surface area contributed by atoms with E-state index in [1.54, 1.807) is 12.1 Å². The van der Waals surface area contributed by atoms with E-state index < -0.39 is 29.8 Å². The third-order valence-electron chi connectivity index (χ3n) is 6.27. The highest BCUT2D eigenvalue weighted by Crippen LogP contribution is 2.39. The highest BCUT2D eigenvalue weighted by Gasteiger charge is 2.46. The molecule has 2 rings (SSSR count). The summed E-state index contributed by atoms with van der Waals surface area (Å²) >= 11 is 0. The topological polar surface area (TPSA) is 89.9 Å². The first-order chi connectivity index (χ1) is 15.2. The van der Waals surface area contributed by atoms with Crippen LogP contribution in [-0.2, 0) is 0 Å². The van der Waals surface area contributed by atoms with Gasteiger partial charge in [0.2, 0.25) is 0 Å². The Bertz CT molecular complexity index is 1020. The van der Waals surface area contributed by atoms with Crippen LogP contribution in [-0.4, -0.2) is 39.5 Å². The van der Waals surface area contributed by atoms with Crippen molar-refractivity contribution in [1.82, 2.24) is 10.4 Å². The number of hydrogen-bond acceptors (Lipinski definition) is 4. The Morgan fingerprint density at radius 2 is 1.61 bits per heavy atom. The van der Waals surface area contributed by atoms with E-state index >= 15 is 0 Å². The molecule has 3 N–H and O–H groups in total. The van der Waals surface area contributed by atoms with E-state index in [0.717, 1.165) is 23.6 Å². The van der Waals surface area contributed by atoms with Crippen molar-refractivity contribution in [2.45, 2.75) is 66.8 Å².